The zero-order valence-corrected chi connectivity index (χ0v) is 9.40. The summed E-state index contributed by atoms with van der Waals surface area (Å²) in [5.74, 6) is 0. The molecule has 75 valence electrons. The van der Waals surface area contributed by atoms with Crippen molar-refractivity contribution in [1.29, 1.82) is 0 Å². The van der Waals surface area contributed by atoms with Crippen LogP contribution in [0.2, 0.25) is 5.02 Å². The highest BCUT2D eigenvalue weighted by molar-refractivity contribution is 6.31. The molecule has 1 heteroatoms. The predicted molar refractivity (Wildman–Crippen MR) is 60.7 cm³/mol. The molecule has 0 N–H and O–H groups in total. The molecule has 0 spiro atoms. The first-order chi connectivity index (χ1) is 6.72. The van der Waals surface area contributed by atoms with Crippen molar-refractivity contribution < 1.29 is 0 Å². The standard InChI is InChI=1S/C13H16Cl/c1-13(9-5-2-6-10-13)11-7-3-4-8-12(11)14/h4,7-8H,2,5-6,9-10H2,1H3. The Hall–Kier alpha value is -0.490. The summed E-state index contributed by atoms with van der Waals surface area (Å²) >= 11 is 6.23. The molecule has 0 atom stereocenters. The predicted octanol–water partition coefficient (Wildman–Crippen LogP) is 4.36. The monoisotopic (exact) mass is 207 g/mol. The molecule has 2 rings (SSSR count). The topological polar surface area (TPSA) is 0 Å². The van der Waals surface area contributed by atoms with Gasteiger partial charge in [-0.3, -0.25) is 0 Å². The van der Waals surface area contributed by atoms with Gasteiger partial charge in [0.2, 0.25) is 0 Å². The van der Waals surface area contributed by atoms with Crippen LogP contribution in [-0.2, 0) is 5.41 Å². The van der Waals surface area contributed by atoms with Crippen molar-refractivity contribution in [2.24, 2.45) is 0 Å². The molecule has 0 heterocycles. The average molecular weight is 208 g/mol. The summed E-state index contributed by atoms with van der Waals surface area (Å²) in [4.78, 5) is 0. The normalized spacial score (nSPS) is 20.7. The van der Waals surface area contributed by atoms with Crippen molar-refractivity contribution in [3.05, 3.63) is 34.9 Å². The van der Waals surface area contributed by atoms with Crippen LogP contribution in [-0.4, -0.2) is 0 Å². The molecule has 0 aliphatic heterocycles. The van der Waals surface area contributed by atoms with Crippen LogP contribution in [0.25, 0.3) is 0 Å². The van der Waals surface area contributed by atoms with E-state index in [4.69, 9.17) is 11.6 Å². The highest BCUT2D eigenvalue weighted by Crippen LogP contribution is 2.41. The zero-order valence-electron chi connectivity index (χ0n) is 8.65. The minimum atomic E-state index is 0.299. The van der Waals surface area contributed by atoms with Gasteiger partial charge in [-0.15, -0.1) is 0 Å². The molecule has 0 saturated heterocycles. The van der Waals surface area contributed by atoms with E-state index >= 15 is 0 Å². The molecule has 1 aromatic rings. The lowest BCUT2D eigenvalue weighted by Crippen LogP contribution is -2.25. The number of benzene rings is 1. The quantitative estimate of drug-likeness (QED) is 0.642. The summed E-state index contributed by atoms with van der Waals surface area (Å²) in [7, 11) is 0. The Morgan fingerprint density at radius 2 is 2.00 bits per heavy atom. The van der Waals surface area contributed by atoms with E-state index in [9.17, 15) is 0 Å². The number of halogens is 1. The van der Waals surface area contributed by atoms with E-state index in [2.05, 4.69) is 19.1 Å². The lowest BCUT2D eigenvalue weighted by atomic mass is 9.71. The fourth-order valence-corrected chi connectivity index (χ4v) is 2.82. The van der Waals surface area contributed by atoms with Gasteiger partial charge in [0, 0.05) is 5.02 Å². The van der Waals surface area contributed by atoms with Crippen molar-refractivity contribution in [3.63, 3.8) is 0 Å². The fourth-order valence-electron chi connectivity index (χ4n) is 2.48. The Kier molecular flexibility index (Phi) is 2.83. The second kappa shape index (κ2) is 3.94. The molecule has 0 unspecified atom stereocenters. The van der Waals surface area contributed by atoms with E-state index in [1.54, 1.807) is 0 Å². The molecule has 1 aliphatic rings. The first kappa shape index (κ1) is 10.0. The Morgan fingerprint density at radius 3 is 2.64 bits per heavy atom. The van der Waals surface area contributed by atoms with Gasteiger partial charge >= 0.3 is 0 Å². The molecular formula is C13H16Cl. The van der Waals surface area contributed by atoms with Gasteiger partial charge in [-0.1, -0.05) is 43.9 Å². The number of rotatable bonds is 1. The van der Waals surface area contributed by atoms with Crippen LogP contribution in [0.3, 0.4) is 0 Å². The van der Waals surface area contributed by atoms with Crippen LogP contribution in [0.4, 0.5) is 0 Å². The van der Waals surface area contributed by atoms with Crippen LogP contribution < -0.4 is 0 Å². The van der Waals surface area contributed by atoms with E-state index in [1.807, 2.05) is 12.1 Å². The smallest absolute Gasteiger partial charge is 0.0443 e. The minimum absolute atomic E-state index is 0.299. The zero-order chi connectivity index (χ0) is 10.0. The summed E-state index contributed by atoms with van der Waals surface area (Å²) in [5, 5.41) is 0.910. The second-order valence-electron chi connectivity index (χ2n) is 4.53. The molecule has 1 saturated carbocycles. The maximum Gasteiger partial charge on any atom is 0.0443 e. The van der Waals surface area contributed by atoms with E-state index in [0.717, 1.165) is 5.02 Å². The number of hydrogen-bond donors (Lipinski definition) is 0. The maximum absolute atomic E-state index is 6.23. The molecule has 0 nitrogen and oxygen atoms in total. The van der Waals surface area contributed by atoms with E-state index < -0.39 is 0 Å². The van der Waals surface area contributed by atoms with Crippen LogP contribution in [0.1, 0.15) is 44.6 Å². The minimum Gasteiger partial charge on any atom is -0.0840 e. The van der Waals surface area contributed by atoms with Crippen molar-refractivity contribution in [1.82, 2.24) is 0 Å². The molecule has 1 radical (unpaired) electrons. The van der Waals surface area contributed by atoms with Crippen LogP contribution in [0.5, 0.6) is 0 Å². The molecule has 0 aromatic heterocycles. The molecular weight excluding hydrogens is 192 g/mol. The molecule has 1 fully saturated rings. The van der Waals surface area contributed by atoms with E-state index in [1.165, 1.54) is 37.7 Å². The first-order valence-electron chi connectivity index (χ1n) is 5.38. The van der Waals surface area contributed by atoms with Gasteiger partial charge in [-0.2, -0.15) is 0 Å². The third kappa shape index (κ3) is 1.81. The van der Waals surface area contributed by atoms with Crippen molar-refractivity contribution in [3.8, 4) is 0 Å². The number of hydrogen-bond acceptors (Lipinski definition) is 0. The van der Waals surface area contributed by atoms with Crippen LogP contribution in [0.15, 0.2) is 18.2 Å². The summed E-state index contributed by atoms with van der Waals surface area (Å²) in [6, 6.07) is 9.05. The first-order valence-corrected chi connectivity index (χ1v) is 5.76. The SMILES string of the molecule is CC1(c2c[c]ccc2Cl)CCCCC1. The molecule has 0 amide bonds. The highest BCUT2D eigenvalue weighted by atomic mass is 35.5. The Balaban J connectivity index is 2.32. The summed E-state index contributed by atoms with van der Waals surface area (Å²) < 4.78 is 0. The van der Waals surface area contributed by atoms with Crippen molar-refractivity contribution in [2.45, 2.75) is 44.4 Å². The van der Waals surface area contributed by atoms with Gasteiger partial charge < -0.3 is 0 Å². The van der Waals surface area contributed by atoms with Gasteiger partial charge in [0.1, 0.15) is 0 Å². The third-order valence-electron chi connectivity index (χ3n) is 3.42. The van der Waals surface area contributed by atoms with Gasteiger partial charge in [-0.25, -0.2) is 0 Å². The lowest BCUT2D eigenvalue weighted by molar-refractivity contribution is 0.319. The summed E-state index contributed by atoms with van der Waals surface area (Å²) in [6.07, 6.45) is 6.59. The summed E-state index contributed by atoms with van der Waals surface area (Å²) in [5.41, 5.74) is 1.59. The molecule has 1 aliphatic carbocycles. The van der Waals surface area contributed by atoms with Gasteiger partial charge in [-0.05, 0) is 42.0 Å². The second-order valence-corrected chi connectivity index (χ2v) is 4.93. The largest absolute Gasteiger partial charge is 0.0840 e. The Labute approximate surface area is 91.3 Å². The van der Waals surface area contributed by atoms with Gasteiger partial charge in [0.05, 0.1) is 0 Å². The summed E-state index contributed by atoms with van der Waals surface area (Å²) in [6.45, 7) is 2.33. The van der Waals surface area contributed by atoms with Crippen LogP contribution in [0, 0.1) is 6.07 Å². The fraction of sp³-hybridized carbons (Fsp3) is 0.538. The molecule has 0 bridgehead atoms. The third-order valence-corrected chi connectivity index (χ3v) is 3.75. The average Bonchev–Trinajstić information content (AvgIpc) is 2.19. The lowest BCUT2D eigenvalue weighted by Gasteiger charge is -2.34. The van der Waals surface area contributed by atoms with Crippen LogP contribution >= 0.6 is 11.6 Å². The van der Waals surface area contributed by atoms with E-state index in [-0.39, 0.29) is 0 Å². The van der Waals surface area contributed by atoms with Crippen molar-refractivity contribution in [2.75, 3.05) is 0 Å². The highest BCUT2D eigenvalue weighted by Gasteiger charge is 2.30. The van der Waals surface area contributed by atoms with E-state index in [0.29, 0.717) is 5.41 Å². The van der Waals surface area contributed by atoms with Gasteiger partial charge in [0.15, 0.2) is 0 Å². The molecule has 14 heavy (non-hydrogen) atoms. The maximum atomic E-state index is 6.23. The Morgan fingerprint density at radius 1 is 1.29 bits per heavy atom. The van der Waals surface area contributed by atoms with Crippen molar-refractivity contribution >= 4 is 11.6 Å². The van der Waals surface area contributed by atoms with Gasteiger partial charge in [0.25, 0.3) is 0 Å². The molecule has 1 aromatic carbocycles. The Bertz CT molecular complexity index is 311.